The van der Waals surface area contributed by atoms with E-state index in [1.807, 2.05) is 0 Å². The number of halogens is 1. The number of benzene rings is 1. The topological polar surface area (TPSA) is 92.5 Å². The maximum atomic E-state index is 13.0. The van der Waals surface area contributed by atoms with E-state index >= 15 is 0 Å². The first-order chi connectivity index (χ1) is 9.47. The van der Waals surface area contributed by atoms with Gasteiger partial charge >= 0.3 is 5.97 Å². The van der Waals surface area contributed by atoms with E-state index in [-0.39, 0.29) is 23.3 Å². The molecule has 1 aliphatic carbocycles. The van der Waals surface area contributed by atoms with Gasteiger partial charge in [0, 0.05) is 6.04 Å². The third-order valence-electron chi connectivity index (χ3n) is 3.59. The molecular formula is C13H15FN2O4. The van der Waals surface area contributed by atoms with Crippen molar-refractivity contribution in [3.63, 3.8) is 0 Å². The molecule has 0 aromatic heterocycles. The number of rotatable bonds is 4. The lowest BCUT2D eigenvalue weighted by Gasteiger charge is -2.27. The largest absolute Gasteiger partial charge is 0.481 e. The summed E-state index contributed by atoms with van der Waals surface area (Å²) in [6.07, 6.45) is 2.35. The van der Waals surface area contributed by atoms with Crippen molar-refractivity contribution in [2.24, 2.45) is 5.92 Å². The van der Waals surface area contributed by atoms with Gasteiger partial charge in [-0.25, -0.2) is 4.39 Å². The zero-order valence-corrected chi connectivity index (χ0v) is 10.7. The minimum Gasteiger partial charge on any atom is -0.481 e. The van der Waals surface area contributed by atoms with Crippen LogP contribution in [0.2, 0.25) is 0 Å². The second-order valence-corrected chi connectivity index (χ2v) is 4.95. The molecule has 1 aliphatic rings. The lowest BCUT2D eigenvalue weighted by Crippen LogP contribution is -2.29. The summed E-state index contributed by atoms with van der Waals surface area (Å²) in [7, 11) is 0. The summed E-state index contributed by atoms with van der Waals surface area (Å²) in [6.45, 7) is 0. The maximum Gasteiger partial charge on any atom is 0.306 e. The Balaban J connectivity index is 2.04. The van der Waals surface area contributed by atoms with Crippen LogP contribution in [0.4, 0.5) is 15.8 Å². The van der Waals surface area contributed by atoms with Gasteiger partial charge in [0.05, 0.1) is 16.9 Å². The number of nitro benzene ring substituents is 1. The first-order valence-corrected chi connectivity index (χ1v) is 6.40. The Morgan fingerprint density at radius 3 is 2.55 bits per heavy atom. The Labute approximate surface area is 114 Å². The summed E-state index contributed by atoms with van der Waals surface area (Å²) >= 11 is 0. The van der Waals surface area contributed by atoms with Gasteiger partial charge in [0.15, 0.2) is 0 Å². The highest BCUT2D eigenvalue weighted by Crippen LogP contribution is 2.30. The average Bonchev–Trinajstić information content (AvgIpc) is 2.41. The van der Waals surface area contributed by atoms with Crippen molar-refractivity contribution < 1.29 is 19.2 Å². The van der Waals surface area contributed by atoms with Gasteiger partial charge in [0.2, 0.25) is 0 Å². The average molecular weight is 282 g/mol. The van der Waals surface area contributed by atoms with Crippen LogP contribution in [0.15, 0.2) is 18.2 Å². The van der Waals surface area contributed by atoms with Gasteiger partial charge in [-0.05, 0) is 37.8 Å². The molecule has 108 valence electrons. The number of nitrogens with one attached hydrogen (secondary N) is 1. The van der Waals surface area contributed by atoms with Gasteiger partial charge in [-0.2, -0.15) is 0 Å². The van der Waals surface area contributed by atoms with Crippen LogP contribution < -0.4 is 5.32 Å². The first kappa shape index (κ1) is 14.2. The van der Waals surface area contributed by atoms with Crippen LogP contribution >= 0.6 is 0 Å². The summed E-state index contributed by atoms with van der Waals surface area (Å²) < 4.78 is 13.0. The molecule has 0 amide bonds. The Morgan fingerprint density at radius 2 is 2.00 bits per heavy atom. The molecule has 1 fully saturated rings. The maximum absolute atomic E-state index is 13.0. The first-order valence-electron chi connectivity index (χ1n) is 6.40. The number of hydrogen-bond acceptors (Lipinski definition) is 4. The van der Waals surface area contributed by atoms with E-state index in [1.54, 1.807) is 0 Å². The highest BCUT2D eigenvalue weighted by molar-refractivity contribution is 5.70. The molecule has 0 bridgehead atoms. The molecule has 0 unspecified atom stereocenters. The van der Waals surface area contributed by atoms with E-state index in [4.69, 9.17) is 5.11 Å². The van der Waals surface area contributed by atoms with Crippen LogP contribution in [0.5, 0.6) is 0 Å². The smallest absolute Gasteiger partial charge is 0.306 e. The van der Waals surface area contributed by atoms with Gasteiger partial charge < -0.3 is 10.4 Å². The molecule has 0 spiro atoms. The highest BCUT2D eigenvalue weighted by Gasteiger charge is 2.27. The summed E-state index contributed by atoms with van der Waals surface area (Å²) in [5.74, 6) is -1.79. The van der Waals surface area contributed by atoms with Gasteiger partial charge in [0.1, 0.15) is 11.5 Å². The Morgan fingerprint density at radius 1 is 1.35 bits per heavy atom. The van der Waals surface area contributed by atoms with E-state index < -0.39 is 16.7 Å². The number of nitro groups is 1. The normalized spacial score (nSPS) is 22.2. The molecule has 1 aromatic rings. The van der Waals surface area contributed by atoms with Gasteiger partial charge in [-0.1, -0.05) is 0 Å². The molecule has 0 atom stereocenters. The summed E-state index contributed by atoms with van der Waals surface area (Å²) in [4.78, 5) is 21.1. The predicted octanol–water partition coefficient (Wildman–Crippen LogP) is 2.79. The molecule has 0 heterocycles. The standard InChI is InChI=1S/C13H15FN2O4/c14-9-3-6-11(12(7-9)16(19)20)15-10-4-1-8(2-5-10)13(17)18/h3,6-8,10,15H,1-2,4-5H2,(H,17,18)/t8-,10+. The summed E-state index contributed by atoms with van der Waals surface area (Å²) in [5.41, 5.74) is -0.0273. The number of anilines is 1. The SMILES string of the molecule is O=C(O)[C@H]1CC[C@@H](Nc2ccc(F)cc2[N+](=O)[O-])CC1. The van der Waals surface area contributed by atoms with Gasteiger partial charge in [-0.3, -0.25) is 14.9 Å². The fourth-order valence-electron chi connectivity index (χ4n) is 2.48. The lowest BCUT2D eigenvalue weighted by molar-refractivity contribution is -0.384. The molecule has 2 N–H and O–H groups in total. The van der Waals surface area contributed by atoms with E-state index in [1.165, 1.54) is 6.07 Å². The second-order valence-electron chi connectivity index (χ2n) is 4.95. The van der Waals surface area contributed by atoms with Crippen LogP contribution in [-0.2, 0) is 4.79 Å². The Bertz CT molecular complexity index is 527. The van der Waals surface area contributed by atoms with E-state index in [2.05, 4.69) is 5.32 Å². The lowest BCUT2D eigenvalue weighted by atomic mass is 9.86. The van der Waals surface area contributed by atoms with Gasteiger partial charge in [-0.15, -0.1) is 0 Å². The summed E-state index contributed by atoms with van der Waals surface area (Å²) in [5, 5.41) is 22.8. The van der Waals surface area contributed by atoms with Crippen molar-refractivity contribution in [1.29, 1.82) is 0 Å². The molecule has 0 aliphatic heterocycles. The molecular weight excluding hydrogens is 267 g/mol. The number of nitrogens with zero attached hydrogens (tertiary/aromatic N) is 1. The Hall–Kier alpha value is -2.18. The number of aliphatic carboxylic acids is 1. The fourth-order valence-corrected chi connectivity index (χ4v) is 2.48. The molecule has 1 saturated carbocycles. The van der Waals surface area contributed by atoms with Crippen LogP contribution in [-0.4, -0.2) is 22.0 Å². The van der Waals surface area contributed by atoms with Crippen LogP contribution in [0.3, 0.4) is 0 Å². The van der Waals surface area contributed by atoms with Crippen LogP contribution in [0, 0.1) is 21.8 Å². The van der Waals surface area contributed by atoms with Crippen molar-refractivity contribution in [1.82, 2.24) is 0 Å². The third-order valence-corrected chi connectivity index (χ3v) is 3.59. The number of carboxylic acid groups (broad SMARTS) is 1. The van der Waals surface area contributed by atoms with Crippen LogP contribution in [0.25, 0.3) is 0 Å². The number of carbonyl (C=O) groups is 1. The van der Waals surface area contributed by atoms with Crippen molar-refractivity contribution in [2.75, 3.05) is 5.32 Å². The molecule has 1 aromatic carbocycles. The molecule has 0 radical (unpaired) electrons. The molecule has 6 nitrogen and oxygen atoms in total. The highest BCUT2D eigenvalue weighted by atomic mass is 19.1. The zero-order valence-electron chi connectivity index (χ0n) is 10.7. The van der Waals surface area contributed by atoms with E-state index in [9.17, 15) is 19.3 Å². The number of carboxylic acids is 1. The minimum absolute atomic E-state index is 0.0187. The molecule has 20 heavy (non-hydrogen) atoms. The Kier molecular flexibility index (Phi) is 4.16. The summed E-state index contributed by atoms with van der Waals surface area (Å²) in [6, 6.07) is 3.37. The van der Waals surface area contributed by atoms with E-state index in [0.717, 1.165) is 12.1 Å². The van der Waals surface area contributed by atoms with Crippen molar-refractivity contribution in [3.05, 3.63) is 34.1 Å². The number of hydrogen-bond donors (Lipinski definition) is 2. The quantitative estimate of drug-likeness (QED) is 0.654. The zero-order chi connectivity index (χ0) is 14.7. The third kappa shape index (κ3) is 3.23. The monoisotopic (exact) mass is 282 g/mol. The van der Waals surface area contributed by atoms with Crippen molar-refractivity contribution in [3.8, 4) is 0 Å². The van der Waals surface area contributed by atoms with Crippen molar-refractivity contribution in [2.45, 2.75) is 31.7 Å². The predicted molar refractivity (Wildman–Crippen MR) is 70.1 cm³/mol. The van der Waals surface area contributed by atoms with Crippen molar-refractivity contribution >= 4 is 17.3 Å². The molecule has 2 rings (SSSR count). The van der Waals surface area contributed by atoms with Gasteiger partial charge in [0.25, 0.3) is 5.69 Å². The fraction of sp³-hybridized carbons (Fsp3) is 0.462. The van der Waals surface area contributed by atoms with Crippen LogP contribution in [0.1, 0.15) is 25.7 Å². The second kappa shape index (κ2) is 5.85. The molecule has 0 saturated heterocycles. The molecule has 7 heteroatoms. The van der Waals surface area contributed by atoms with E-state index in [0.29, 0.717) is 25.7 Å². The minimum atomic E-state index is -0.795.